The van der Waals surface area contributed by atoms with E-state index in [1.165, 1.54) is 25.7 Å². The smallest absolute Gasteiger partial charge is 0.164 e. The first-order valence-electron chi connectivity index (χ1n) is 7.31. The Kier molecular flexibility index (Phi) is 7.00. The lowest BCUT2D eigenvalue weighted by atomic mass is 10.1. The van der Waals surface area contributed by atoms with Crippen molar-refractivity contribution in [2.45, 2.75) is 77.0 Å². The first kappa shape index (κ1) is 16.6. The number of aliphatic hydroxyl groups excluding tert-OH is 2. The summed E-state index contributed by atoms with van der Waals surface area (Å²) in [6, 6.07) is 0. The van der Waals surface area contributed by atoms with Crippen LogP contribution in [0.5, 0.6) is 0 Å². The number of ether oxygens (including phenoxy) is 2. The molecule has 0 bridgehead atoms. The molecule has 0 aliphatic carbocycles. The minimum Gasteiger partial charge on any atom is -0.394 e. The van der Waals surface area contributed by atoms with Gasteiger partial charge >= 0.3 is 0 Å². The second-order valence-corrected chi connectivity index (χ2v) is 5.59. The van der Waals surface area contributed by atoms with Crippen molar-refractivity contribution in [2.24, 2.45) is 0 Å². The third kappa shape index (κ3) is 5.61. The summed E-state index contributed by atoms with van der Waals surface area (Å²) in [4.78, 5) is 0. The van der Waals surface area contributed by atoms with Crippen LogP contribution in [0.4, 0.5) is 0 Å². The molecule has 4 nitrogen and oxygen atoms in total. The zero-order valence-electron chi connectivity index (χ0n) is 12.3. The van der Waals surface area contributed by atoms with Crippen molar-refractivity contribution in [1.82, 2.24) is 0 Å². The number of aliphatic hydroxyl groups is 2. The molecule has 1 heterocycles. The minimum absolute atomic E-state index is 0.289. The molecular weight excluding hydrogens is 244 g/mol. The van der Waals surface area contributed by atoms with E-state index in [9.17, 15) is 5.11 Å². The van der Waals surface area contributed by atoms with Crippen LogP contribution in [0.15, 0.2) is 12.2 Å². The molecule has 1 saturated heterocycles. The topological polar surface area (TPSA) is 58.9 Å². The summed E-state index contributed by atoms with van der Waals surface area (Å²) < 4.78 is 11.4. The van der Waals surface area contributed by atoms with Crippen molar-refractivity contribution < 1.29 is 19.7 Å². The van der Waals surface area contributed by atoms with Gasteiger partial charge < -0.3 is 19.7 Å². The van der Waals surface area contributed by atoms with Crippen LogP contribution in [0, 0.1) is 0 Å². The molecule has 0 radical (unpaired) electrons. The molecule has 0 saturated carbocycles. The Labute approximate surface area is 116 Å². The molecule has 0 unspecified atom stereocenters. The zero-order chi connectivity index (χ0) is 14.3. The van der Waals surface area contributed by atoms with Crippen molar-refractivity contribution in [1.29, 1.82) is 0 Å². The van der Waals surface area contributed by atoms with Crippen LogP contribution in [0.1, 0.15) is 52.9 Å². The van der Waals surface area contributed by atoms with E-state index in [0.717, 1.165) is 6.42 Å². The van der Waals surface area contributed by atoms with Crippen LogP contribution < -0.4 is 0 Å². The predicted molar refractivity (Wildman–Crippen MR) is 74.8 cm³/mol. The molecule has 112 valence electrons. The number of allylic oxidation sites excluding steroid dienone is 1. The van der Waals surface area contributed by atoms with Crippen molar-refractivity contribution in [2.75, 3.05) is 6.61 Å². The highest BCUT2D eigenvalue weighted by Crippen LogP contribution is 2.30. The highest BCUT2D eigenvalue weighted by atomic mass is 16.8. The van der Waals surface area contributed by atoms with E-state index in [1.54, 1.807) is 0 Å². The van der Waals surface area contributed by atoms with Crippen LogP contribution in [-0.2, 0) is 9.47 Å². The van der Waals surface area contributed by atoms with Crippen LogP contribution in [0.2, 0.25) is 0 Å². The summed E-state index contributed by atoms with van der Waals surface area (Å²) in [5.74, 6) is -0.710. The molecule has 19 heavy (non-hydrogen) atoms. The Hall–Kier alpha value is -0.420. The zero-order valence-corrected chi connectivity index (χ0v) is 12.3. The number of hydrogen-bond acceptors (Lipinski definition) is 4. The van der Waals surface area contributed by atoms with Gasteiger partial charge in [-0.25, -0.2) is 0 Å². The monoisotopic (exact) mass is 272 g/mol. The summed E-state index contributed by atoms with van der Waals surface area (Å²) in [5.41, 5.74) is 0. The molecule has 1 aliphatic heterocycles. The maximum absolute atomic E-state index is 9.74. The van der Waals surface area contributed by atoms with E-state index in [-0.39, 0.29) is 12.7 Å². The number of unbranched alkanes of at least 4 members (excludes halogenated alkanes) is 4. The summed E-state index contributed by atoms with van der Waals surface area (Å²) in [5, 5.41) is 18.8. The van der Waals surface area contributed by atoms with Gasteiger partial charge in [-0.2, -0.15) is 0 Å². The van der Waals surface area contributed by atoms with Gasteiger partial charge in [0, 0.05) is 0 Å². The lowest BCUT2D eigenvalue weighted by Crippen LogP contribution is -2.37. The predicted octanol–water partition coefficient (Wildman–Crippen LogP) is 2.39. The Morgan fingerprint density at radius 3 is 2.58 bits per heavy atom. The highest BCUT2D eigenvalue weighted by Gasteiger charge is 2.43. The van der Waals surface area contributed by atoms with Gasteiger partial charge in [0.2, 0.25) is 0 Å². The van der Waals surface area contributed by atoms with Gasteiger partial charge in [-0.3, -0.25) is 0 Å². The molecular formula is C15H28O4. The van der Waals surface area contributed by atoms with Gasteiger partial charge in [0.1, 0.15) is 18.3 Å². The molecule has 0 aromatic rings. The van der Waals surface area contributed by atoms with Gasteiger partial charge in [-0.15, -0.1) is 0 Å². The molecule has 1 aliphatic rings. The molecule has 0 amide bonds. The fourth-order valence-electron chi connectivity index (χ4n) is 2.29. The van der Waals surface area contributed by atoms with Gasteiger partial charge in [0.15, 0.2) is 5.79 Å². The lowest BCUT2D eigenvalue weighted by molar-refractivity contribution is -0.155. The van der Waals surface area contributed by atoms with Crippen LogP contribution in [-0.4, -0.2) is 40.9 Å². The van der Waals surface area contributed by atoms with E-state index >= 15 is 0 Å². The minimum atomic E-state index is -0.906. The molecule has 0 aromatic heterocycles. The second kappa shape index (κ2) is 8.00. The standard InChI is InChI=1S/C15H28O4/c1-4-5-6-7-8-9-10-13-14(12(17)11-16)19-15(2,3)18-13/h9-10,12-14,16-17H,4-8,11H2,1-3H3/t12-,13+,14-/m1/s1. The molecule has 1 rings (SSSR count). The van der Waals surface area contributed by atoms with E-state index in [2.05, 4.69) is 13.0 Å². The highest BCUT2D eigenvalue weighted by molar-refractivity contribution is 5.00. The Morgan fingerprint density at radius 1 is 1.21 bits per heavy atom. The van der Waals surface area contributed by atoms with Crippen LogP contribution in [0.3, 0.4) is 0 Å². The third-order valence-electron chi connectivity index (χ3n) is 3.28. The molecule has 3 atom stereocenters. The number of hydrogen-bond donors (Lipinski definition) is 2. The molecule has 0 aromatic carbocycles. The summed E-state index contributed by atoms with van der Waals surface area (Å²) in [6.07, 6.45) is 8.30. The Balaban J connectivity index is 2.43. The van der Waals surface area contributed by atoms with Crippen molar-refractivity contribution in [3.8, 4) is 0 Å². The van der Waals surface area contributed by atoms with E-state index in [0.29, 0.717) is 0 Å². The lowest BCUT2D eigenvalue weighted by Gasteiger charge is -2.19. The van der Waals surface area contributed by atoms with E-state index in [1.807, 2.05) is 19.9 Å². The van der Waals surface area contributed by atoms with Crippen molar-refractivity contribution in [3.05, 3.63) is 12.2 Å². The maximum Gasteiger partial charge on any atom is 0.164 e. The average Bonchev–Trinajstić information content (AvgIpc) is 2.68. The molecule has 0 spiro atoms. The summed E-state index contributed by atoms with van der Waals surface area (Å²) >= 11 is 0. The molecule has 2 N–H and O–H groups in total. The SMILES string of the molecule is CCCCCCC=C[C@@H]1OC(C)(C)O[C@@H]1[C@H](O)CO. The molecule has 4 heteroatoms. The van der Waals surface area contributed by atoms with Crippen LogP contribution in [0.25, 0.3) is 0 Å². The van der Waals surface area contributed by atoms with Gasteiger partial charge in [-0.1, -0.05) is 38.3 Å². The van der Waals surface area contributed by atoms with Crippen molar-refractivity contribution >= 4 is 0 Å². The maximum atomic E-state index is 9.74. The fourth-order valence-corrected chi connectivity index (χ4v) is 2.29. The fraction of sp³-hybridized carbons (Fsp3) is 0.867. The second-order valence-electron chi connectivity index (χ2n) is 5.59. The number of rotatable bonds is 8. The third-order valence-corrected chi connectivity index (χ3v) is 3.28. The first-order chi connectivity index (χ1) is 9.00. The normalized spacial score (nSPS) is 28.1. The Morgan fingerprint density at radius 2 is 1.95 bits per heavy atom. The Bertz CT molecular complexity index is 275. The summed E-state index contributed by atoms with van der Waals surface area (Å²) in [6.45, 7) is 5.52. The summed E-state index contributed by atoms with van der Waals surface area (Å²) in [7, 11) is 0. The van der Waals surface area contributed by atoms with Gasteiger partial charge in [-0.05, 0) is 26.7 Å². The van der Waals surface area contributed by atoms with E-state index in [4.69, 9.17) is 14.6 Å². The van der Waals surface area contributed by atoms with Gasteiger partial charge in [0.05, 0.1) is 6.61 Å². The largest absolute Gasteiger partial charge is 0.394 e. The first-order valence-corrected chi connectivity index (χ1v) is 7.31. The van der Waals surface area contributed by atoms with Crippen LogP contribution >= 0.6 is 0 Å². The molecule has 1 fully saturated rings. The van der Waals surface area contributed by atoms with E-state index < -0.39 is 18.0 Å². The van der Waals surface area contributed by atoms with Crippen molar-refractivity contribution in [3.63, 3.8) is 0 Å². The van der Waals surface area contributed by atoms with Gasteiger partial charge in [0.25, 0.3) is 0 Å². The quantitative estimate of drug-likeness (QED) is 0.526. The average molecular weight is 272 g/mol.